The molecule has 26 heavy (non-hydrogen) atoms. The smallest absolute Gasteiger partial charge is 0.264 e. The molecule has 0 aromatic heterocycles. The van der Waals surface area contributed by atoms with E-state index in [0.29, 0.717) is 17.6 Å². The van der Waals surface area contributed by atoms with Crippen molar-refractivity contribution in [3.8, 4) is 0 Å². The normalized spacial score (nSPS) is 14.6. The van der Waals surface area contributed by atoms with Crippen LogP contribution in [-0.4, -0.2) is 31.8 Å². The number of para-hydroxylation sites is 2. The van der Waals surface area contributed by atoms with Gasteiger partial charge in [-0.2, -0.15) is 0 Å². The van der Waals surface area contributed by atoms with Crippen LogP contribution >= 0.6 is 0 Å². The maximum absolute atomic E-state index is 13.2. The van der Waals surface area contributed by atoms with Crippen LogP contribution in [0.25, 0.3) is 0 Å². The molecular formula is C18H16N2O5S. The van der Waals surface area contributed by atoms with Crippen molar-refractivity contribution in [1.29, 1.82) is 0 Å². The number of carbonyl (C=O) groups is 2. The van der Waals surface area contributed by atoms with Gasteiger partial charge in [0.15, 0.2) is 5.78 Å². The Kier molecular flexibility index (Phi) is 4.77. The quantitative estimate of drug-likeness (QED) is 0.487. The van der Waals surface area contributed by atoms with Crippen LogP contribution in [-0.2, 0) is 14.8 Å². The number of hydrogen-bond acceptors (Lipinski definition) is 5. The Balaban J connectivity index is 2.07. The minimum Gasteiger partial charge on any atom is -0.515 e. The number of benzene rings is 2. The lowest BCUT2D eigenvalue weighted by molar-refractivity contribution is -0.115. The van der Waals surface area contributed by atoms with Crippen molar-refractivity contribution in [2.45, 2.75) is 11.3 Å². The van der Waals surface area contributed by atoms with Crippen molar-refractivity contribution in [1.82, 2.24) is 0 Å². The SMILES string of the molecule is O=C1CCN(S(=O)(=O)c2cccc(C(=O)C=CO)c2)c2ccccc2N1. The third-order valence-electron chi connectivity index (χ3n) is 3.92. The van der Waals surface area contributed by atoms with Gasteiger partial charge in [0, 0.05) is 24.6 Å². The molecular weight excluding hydrogens is 356 g/mol. The van der Waals surface area contributed by atoms with Crippen molar-refractivity contribution >= 4 is 33.1 Å². The van der Waals surface area contributed by atoms with Gasteiger partial charge >= 0.3 is 0 Å². The molecule has 0 aliphatic carbocycles. The summed E-state index contributed by atoms with van der Waals surface area (Å²) in [5.41, 5.74) is 0.910. The predicted molar refractivity (Wildman–Crippen MR) is 96.8 cm³/mol. The Bertz CT molecular complexity index is 998. The van der Waals surface area contributed by atoms with Crippen LogP contribution in [0.4, 0.5) is 11.4 Å². The number of nitrogens with one attached hydrogen (secondary N) is 1. The van der Waals surface area contributed by atoms with Crippen LogP contribution in [0.5, 0.6) is 0 Å². The van der Waals surface area contributed by atoms with Crippen LogP contribution in [0.2, 0.25) is 0 Å². The van der Waals surface area contributed by atoms with Crippen LogP contribution in [0.15, 0.2) is 65.8 Å². The first-order chi connectivity index (χ1) is 12.4. The van der Waals surface area contributed by atoms with E-state index in [1.165, 1.54) is 24.3 Å². The number of hydrogen-bond donors (Lipinski definition) is 2. The molecule has 1 aliphatic heterocycles. The van der Waals surface area contributed by atoms with Gasteiger partial charge < -0.3 is 10.4 Å². The van der Waals surface area contributed by atoms with Crippen molar-refractivity contribution in [3.05, 3.63) is 66.4 Å². The Labute approximate surface area is 150 Å². The molecule has 134 valence electrons. The summed E-state index contributed by atoms with van der Waals surface area (Å²) in [5.74, 6) is -0.787. The molecule has 0 unspecified atom stereocenters. The summed E-state index contributed by atoms with van der Waals surface area (Å²) in [6, 6.07) is 12.2. The number of sulfonamides is 1. The van der Waals surface area contributed by atoms with Gasteiger partial charge in [0.25, 0.3) is 10.0 Å². The van der Waals surface area contributed by atoms with E-state index < -0.39 is 15.8 Å². The van der Waals surface area contributed by atoms with Crippen LogP contribution < -0.4 is 9.62 Å². The highest BCUT2D eigenvalue weighted by Crippen LogP contribution is 2.33. The molecule has 0 spiro atoms. The summed E-state index contributed by atoms with van der Waals surface area (Å²) >= 11 is 0. The highest BCUT2D eigenvalue weighted by Gasteiger charge is 2.30. The average molecular weight is 372 g/mol. The summed E-state index contributed by atoms with van der Waals surface area (Å²) in [6.45, 7) is -0.0140. The second kappa shape index (κ2) is 7.01. The Morgan fingerprint density at radius 2 is 1.92 bits per heavy atom. The molecule has 0 fully saturated rings. The van der Waals surface area contributed by atoms with E-state index in [1.807, 2.05) is 0 Å². The zero-order valence-corrected chi connectivity index (χ0v) is 14.4. The summed E-state index contributed by atoms with van der Waals surface area (Å²) in [5, 5.41) is 11.4. The van der Waals surface area contributed by atoms with Crippen molar-refractivity contribution in [3.63, 3.8) is 0 Å². The number of amides is 1. The Morgan fingerprint density at radius 3 is 2.69 bits per heavy atom. The lowest BCUT2D eigenvalue weighted by Gasteiger charge is -2.24. The van der Waals surface area contributed by atoms with Gasteiger partial charge in [-0.1, -0.05) is 24.3 Å². The third-order valence-corrected chi connectivity index (χ3v) is 5.73. The molecule has 0 radical (unpaired) electrons. The van der Waals surface area contributed by atoms with E-state index in [1.54, 1.807) is 24.3 Å². The van der Waals surface area contributed by atoms with Gasteiger partial charge in [-0.3, -0.25) is 13.9 Å². The second-order valence-electron chi connectivity index (χ2n) is 5.60. The zero-order valence-electron chi connectivity index (χ0n) is 13.6. The molecule has 2 aromatic carbocycles. The molecule has 0 bridgehead atoms. The fourth-order valence-corrected chi connectivity index (χ4v) is 4.21. The molecule has 1 aliphatic rings. The molecule has 3 rings (SSSR count). The standard InChI is InChI=1S/C18H16N2O5S/c21-11-9-17(22)13-4-3-5-14(12-13)26(24,25)20-10-8-18(23)19-15-6-1-2-7-16(15)20/h1-7,9,11-12,21H,8,10H2,(H,19,23). The average Bonchev–Trinajstić information content (AvgIpc) is 2.80. The number of aliphatic hydroxyl groups excluding tert-OH is 1. The van der Waals surface area contributed by atoms with E-state index in [2.05, 4.69) is 5.32 Å². The van der Waals surface area contributed by atoms with Gasteiger partial charge in [0.2, 0.25) is 5.91 Å². The number of rotatable bonds is 4. The fraction of sp³-hybridized carbons (Fsp3) is 0.111. The zero-order chi connectivity index (χ0) is 18.7. The number of anilines is 2. The maximum Gasteiger partial charge on any atom is 0.264 e. The van der Waals surface area contributed by atoms with E-state index in [-0.39, 0.29) is 29.3 Å². The van der Waals surface area contributed by atoms with Crippen LogP contribution in [0, 0.1) is 0 Å². The van der Waals surface area contributed by atoms with Gasteiger partial charge in [-0.15, -0.1) is 0 Å². The van der Waals surface area contributed by atoms with Gasteiger partial charge in [-0.05, 0) is 24.3 Å². The largest absolute Gasteiger partial charge is 0.515 e. The van der Waals surface area contributed by atoms with E-state index >= 15 is 0 Å². The Hall–Kier alpha value is -3.13. The monoisotopic (exact) mass is 372 g/mol. The molecule has 1 heterocycles. The third kappa shape index (κ3) is 3.31. The van der Waals surface area contributed by atoms with Crippen molar-refractivity contribution in [2.24, 2.45) is 0 Å². The Morgan fingerprint density at radius 1 is 1.15 bits per heavy atom. The molecule has 7 nitrogen and oxygen atoms in total. The molecule has 0 saturated carbocycles. The number of nitrogens with zero attached hydrogens (tertiary/aromatic N) is 1. The lowest BCUT2D eigenvalue weighted by Crippen LogP contribution is -2.32. The second-order valence-corrected chi connectivity index (χ2v) is 7.46. The fourth-order valence-electron chi connectivity index (χ4n) is 2.68. The first kappa shape index (κ1) is 17.7. The van der Waals surface area contributed by atoms with E-state index in [0.717, 1.165) is 10.4 Å². The molecule has 2 N–H and O–H groups in total. The number of allylic oxidation sites excluding steroid dienone is 1. The number of ketones is 1. The summed E-state index contributed by atoms with van der Waals surface area (Å²) in [7, 11) is -3.99. The summed E-state index contributed by atoms with van der Waals surface area (Å²) in [4.78, 5) is 23.7. The molecule has 8 heteroatoms. The van der Waals surface area contributed by atoms with Crippen molar-refractivity contribution in [2.75, 3.05) is 16.2 Å². The predicted octanol–water partition coefficient (Wildman–Crippen LogP) is 2.48. The van der Waals surface area contributed by atoms with Crippen molar-refractivity contribution < 1.29 is 23.1 Å². The number of carbonyl (C=O) groups excluding carboxylic acids is 2. The van der Waals surface area contributed by atoms with E-state index in [4.69, 9.17) is 5.11 Å². The first-order valence-corrected chi connectivity index (χ1v) is 9.24. The topological polar surface area (TPSA) is 104 Å². The lowest BCUT2D eigenvalue weighted by atomic mass is 10.1. The van der Waals surface area contributed by atoms with Crippen LogP contribution in [0.1, 0.15) is 16.8 Å². The van der Waals surface area contributed by atoms with E-state index in [9.17, 15) is 18.0 Å². The molecule has 2 aromatic rings. The minimum absolute atomic E-state index is 0.0137. The van der Waals surface area contributed by atoms with Gasteiger partial charge in [-0.25, -0.2) is 8.42 Å². The maximum atomic E-state index is 13.2. The highest BCUT2D eigenvalue weighted by molar-refractivity contribution is 7.92. The van der Waals surface area contributed by atoms with Crippen LogP contribution in [0.3, 0.4) is 0 Å². The first-order valence-electron chi connectivity index (χ1n) is 7.80. The molecule has 1 amide bonds. The molecule has 0 atom stereocenters. The summed E-state index contributed by atoms with van der Waals surface area (Å²) in [6.07, 6.45) is 1.56. The van der Waals surface area contributed by atoms with Gasteiger partial charge in [0.1, 0.15) is 0 Å². The minimum atomic E-state index is -3.99. The van der Waals surface area contributed by atoms with Gasteiger partial charge in [0.05, 0.1) is 22.5 Å². The molecule has 0 saturated heterocycles. The number of aliphatic hydroxyl groups is 1. The summed E-state index contributed by atoms with van der Waals surface area (Å²) < 4.78 is 27.5. The number of fused-ring (bicyclic) bond motifs is 1. The highest BCUT2D eigenvalue weighted by atomic mass is 32.2.